The van der Waals surface area contributed by atoms with E-state index in [1.165, 1.54) is 0 Å². The minimum absolute atomic E-state index is 0.0366. The van der Waals surface area contributed by atoms with Gasteiger partial charge in [0, 0.05) is 26.2 Å². The van der Waals surface area contributed by atoms with Gasteiger partial charge in [-0.15, -0.1) is 5.10 Å². The first-order valence-corrected chi connectivity index (χ1v) is 7.21. The van der Waals surface area contributed by atoms with Gasteiger partial charge in [-0.1, -0.05) is 11.3 Å². The van der Waals surface area contributed by atoms with Gasteiger partial charge in [0.1, 0.15) is 0 Å². The van der Waals surface area contributed by atoms with Gasteiger partial charge in [0.25, 0.3) is 0 Å². The van der Waals surface area contributed by atoms with Crippen LogP contribution in [0.15, 0.2) is 0 Å². The van der Waals surface area contributed by atoms with Crippen LogP contribution in [-0.2, 0) is 11.4 Å². The van der Waals surface area contributed by atoms with Crippen molar-refractivity contribution in [3.63, 3.8) is 0 Å². The van der Waals surface area contributed by atoms with Crippen LogP contribution >= 0.6 is 23.6 Å². The molecule has 2 heterocycles. The summed E-state index contributed by atoms with van der Waals surface area (Å²) in [5.74, 6) is 0. The van der Waals surface area contributed by atoms with Crippen LogP contribution < -0.4 is 4.90 Å². The fraction of sp³-hybridized carbons (Fsp3) is 0.818. The lowest BCUT2D eigenvalue weighted by Gasteiger charge is -2.41. The number of anilines is 1. The highest BCUT2D eigenvalue weighted by atomic mass is 32.1. The number of aromatic nitrogens is 2. The molecule has 0 radical (unpaired) electrons. The zero-order valence-corrected chi connectivity index (χ0v) is 13.0. The normalized spacial score (nSPS) is 20.0. The number of nitrogens with zero attached hydrogens (tertiary/aromatic N) is 4. The first-order valence-electron chi connectivity index (χ1n) is 5.98. The third kappa shape index (κ3) is 2.90. The van der Waals surface area contributed by atoms with E-state index in [9.17, 15) is 0 Å². The Kier molecular flexibility index (Phi) is 4.05. The van der Waals surface area contributed by atoms with Gasteiger partial charge in [-0.3, -0.25) is 4.90 Å². The van der Waals surface area contributed by atoms with Gasteiger partial charge in [0.2, 0.25) is 5.13 Å². The molecule has 0 aromatic carbocycles. The summed E-state index contributed by atoms with van der Waals surface area (Å²) in [6.45, 7) is 7.57. The molecule has 102 valence electrons. The summed E-state index contributed by atoms with van der Waals surface area (Å²) in [7, 11) is 3.97. The Morgan fingerprint density at radius 3 is 2.78 bits per heavy atom. The topological polar surface area (TPSA) is 33.5 Å². The lowest BCUT2D eigenvalue weighted by molar-refractivity contribution is -0.0675. The summed E-state index contributed by atoms with van der Waals surface area (Å²) >= 11 is 6.92. The molecule has 1 fully saturated rings. The Morgan fingerprint density at radius 2 is 2.22 bits per heavy atom. The second-order valence-corrected chi connectivity index (χ2v) is 6.92. The summed E-state index contributed by atoms with van der Waals surface area (Å²) in [6.07, 6.45) is 0. The van der Waals surface area contributed by atoms with Gasteiger partial charge >= 0.3 is 0 Å². The lowest BCUT2D eigenvalue weighted by Crippen LogP contribution is -2.53. The molecule has 0 aliphatic carbocycles. The summed E-state index contributed by atoms with van der Waals surface area (Å²) < 4.78 is 8.25. The molecule has 18 heavy (non-hydrogen) atoms. The minimum Gasteiger partial charge on any atom is -0.378 e. The summed E-state index contributed by atoms with van der Waals surface area (Å²) in [4.78, 5) is 4.35. The van der Waals surface area contributed by atoms with Crippen molar-refractivity contribution >= 4 is 28.7 Å². The average molecular weight is 288 g/mol. The predicted molar refractivity (Wildman–Crippen MR) is 76.9 cm³/mol. The van der Waals surface area contributed by atoms with Crippen LogP contribution in [-0.4, -0.2) is 54.1 Å². The number of morpholine rings is 1. The Bertz CT molecular complexity index is 466. The fourth-order valence-electron chi connectivity index (χ4n) is 1.88. The van der Waals surface area contributed by atoms with Gasteiger partial charge in [-0.05, 0) is 26.1 Å². The number of hydrogen-bond acceptors (Lipinski definition) is 6. The van der Waals surface area contributed by atoms with E-state index in [1.807, 2.05) is 23.7 Å². The molecule has 1 aromatic heterocycles. The van der Waals surface area contributed by atoms with E-state index >= 15 is 0 Å². The molecule has 0 N–H and O–H groups in total. The van der Waals surface area contributed by atoms with Crippen LogP contribution in [0.5, 0.6) is 0 Å². The zero-order chi connectivity index (χ0) is 13.3. The van der Waals surface area contributed by atoms with Gasteiger partial charge in [-0.2, -0.15) is 0 Å². The standard InChI is InChI=1S/C11H20N4OS2/c1-11(2)7-16-6-5-14(11)8-15-10(17)18-9(12-15)13(3)4/h5-8H2,1-4H3. The van der Waals surface area contributed by atoms with Crippen LogP contribution in [0.25, 0.3) is 0 Å². The van der Waals surface area contributed by atoms with Gasteiger partial charge < -0.3 is 9.64 Å². The van der Waals surface area contributed by atoms with Gasteiger partial charge in [0.05, 0.1) is 19.9 Å². The predicted octanol–water partition coefficient (Wildman–Crippen LogP) is 1.81. The van der Waals surface area contributed by atoms with Crippen LogP contribution in [0.2, 0.25) is 0 Å². The molecule has 0 spiro atoms. The summed E-state index contributed by atoms with van der Waals surface area (Å²) in [5.41, 5.74) is 0.0366. The van der Waals surface area contributed by atoms with Crippen molar-refractivity contribution < 1.29 is 4.74 Å². The van der Waals surface area contributed by atoms with E-state index in [2.05, 4.69) is 23.8 Å². The van der Waals surface area contributed by atoms with Crippen LogP contribution in [0.3, 0.4) is 0 Å². The second-order valence-electron chi connectivity index (χ2n) is 5.31. The molecule has 1 aromatic rings. The Labute approximate surface area is 117 Å². The van der Waals surface area contributed by atoms with Crippen molar-refractivity contribution in [2.45, 2.75) is 26.1 Å². The van der Waals surface area contributed by atoms with E-state index < -0.39 is 0 Å². The van der Waals surface area contributed by atoms with E-state index in [4.69, 9.17) is 17.0 Å². The molecule has 5 nitrogen and oxygen atoms in total. The molecule has 7 heteroatoms. The van der Waals surface area contributed by atoms with Crippen molar-refractivity contribution in [3.8, 4) is 0 Å². The summed E-state index contributed by atoms with van der Waals surface area (Å²) in [6, 6.07) is 0. The first-order chi connectivity index (χ1) is 8.40. The largest absolute Gasteiger partial charge is 0.378 e. The van der Waals surface area contributed by atoms with Crippen LogP contribution in [0.4, 0.5) is 5.13 Å². The molecule has 0 bridgehead atoms. The SMILES string of the molecule is CN(C)c1nn(CN2CCOCC2(C)C)c(=S)s1. The lowest BCUT2D eigenvalue weighted by atomic mass is 10.0. The average Bonchev–Trinajstić information content (AvgIpc) is 2.63. The fourth-order valence-corrected chi connectivity index (χ4v) is 2.88. The Balaban J connectivity index is 2.16. The van der Waals surface area contributed by atoms with Gasteiger partial charge in [-0.25, -0.2) is 4.68 Å². The Morgan fingerprint density at radius 1 is 1.50 bits per heavy atom. The van der Waals surface area contributed by atoms with E-state index in [0.717, 1.165) is 35.5 Å². The first kappa shape index (κ1) is 13.9. The summed E-state index contributed by atoms with van der Waals surface area (Å²) in [5, 5.41) is 5.49. The van der Waals surface area contributed by atoms with E-state index in [-0.39, 0.29) is 5.54 Å². The highest BCUT2D eigenvalue weighted by Crippen LogP contribution is 2.22. The second kappa shape index (κ2) is 5.24. The van der Waals surface area contributed by atoms with Crippen molar-refractivity contribution in [2.24, 2.45) is 0 Å². The maximum atomic E-state index is 5.52. The third-order valence-corrected chi connectivity index (χ3v) is 4.58. The molecule has 2 rings (SSSR count). The highest BCUT2D eigenvalue weighted by Gasteiger charge is 2.30. The zero-order valence-electron chi connectivity index (χ0n) is 11.3. The maximum absolute atomic E-state index is 5.52. The molecule has 1 aliphatic rings. The number of rotatable bonds is 3. The molecular formula is C11H20N4OS2. The number of hydrogen-bond donors (Lipinski definition) is 0. The Hall–Kier alpha value is -0.500. The van der Waals surface area contributed by atoms with Crippen LogP contribution in [0, 0.1) is 3.95 Å². The van der Waals surface area contributed by atoms with Crippen LogP contribution in [0.1, 0.15) is 13.8 Å². The maximum Gasteiger partial charge on any atom is 0.206 e. The molecule has 0 amide bonds. The van der Waals surface area contributed by atoms with E-state index in [1.54, 1.807) is 11.3 Å². The molecule has 0 saturated carbocycles. The third-order valence-electron chi connectivity index (χ3n) is 3.10. The molecular weight excluding hydrogens is 268 g/mol. The van der Waals surface area contributed by atoms with E-state index in [0.29, 0.717) is 0 Å². The van der Waals surface area contributed by atoms with Gasteiger partial charge in [0.15, 0.2) is 3.95 Å². The highest BCUT2D eigenvalue weighted by molar-refractivity contribution is 7.73. The van der Waals surface area contributed by atoms with Crippen molar-refractivity contribution in [2.75, 3.05) is 38.8 Å². The molecule has 0 unspecified atom stereocenters. The van der Waals surface area contributed by atoms with Crippen molar-refractivity contribution in [1.29, 1.82) is 0 Å². The van der Waals surface area contributed by atoms with Crippen molar-refractivity contribution in [3.05, 3.63) is 3.95 Å². The monoisotopic (exact) mass is 288 g/mol. The van der Waals surface area contributed by atoms with Crippen molar-refractivity contribution in [1.82, 2.24) is 14.7 Å². The quantitative estimate of drug-likeness (QED) is 0.792. The molecule has 0 atom stereocenters. The molecule has 1 saturated heterocycles. The molecule has 1 aliphatic heterocycles. The minimum atomic E-state index is 0.0366. The number of ether oxygens (including phenoxy) is 1. The smallest absolute Gasteiger partial charge is 0.206 e.